The highest BCUT2D eigenvalue weighted by molar-refractivity contribution is 6.31. The van der Waals surface area contributed by atoms with Crippen LogP contribution in [0, 0.1) is 23.7 Å². The van der Waals surface area contributed by atoms with E-state index in [0.717, 1.165) is 18.4 Å². The zero-order valence-corrected chi connectivity index (χ0v) is 19.4. The molecule has 0 bridgehead atoms. The number of carbonyl (C=O) groups is 2. The quantitative estimate of drug-likeness (QED) is 0.592. The van der Waals surface area contributed by atoms with Crippen LogP contribution < -0.4 is 16.4 Å². The molecule has 2 amide bonds. The van der Waals surface area contributed by atoms with Crippen molar-refractivity contribution in [3.05, 3.63) is 34.9 Å². The maximum absolute atomic E-state index is 13.0. The van der Waals surface area contributed by atoms with Gasteiger partial charge >= 0.3 is 0 Å². The van der Waals surface area contributed by atoms with Crippen molar-refractivity contribution in [2.24, 2.45) is 29.4 Å². The Morgan fingerprint density at radius 1 is 1.21 bits per heavy atom. The van der Waals surface area contributed by atoms with E-state index in [0.29, 0.717) is 22.8 Å². The van der Waals surface area contributed by atoms with Gasteiger partial charge in [-0.15, -0.1) is 12.4 Å². The van der Waals surface area contributed by atoms with Gasteiger partial charge in [-0.25, -0.2) is 0 Å². The number of hydrogen-bond acceptors (Lipinski definition) is 3. The largest absolute Gasteiger partial charge is 0.353 e. The van der Waals surface area contributed by atoms with Gasteiger partial charge in [-0.1, -0.05) is 57.0 Å². The van der Waals surface area contributed by atoms with E-state index in [1.54, 1.807) is 13.0 Å². The van der Waals surface area contributed by atoms with E-state index in [1.807, 2.05) is 18.2 Å². The summed E-state index contributed by atoms with van der Waals surface area (Å²) in [5.41, 5.74) is 6.48. The van der Waals surface area contributed by atoms with Crippen LogP contribution in [0.25, 0.3) is 0 Å². The Bertz CT molecular complexity index is 682. The average molecular weight is 444 g/mol. The van der Waals surface area contributed by atoms with Crippen LogP contribution in [-0.4, -0.2) is 24.4 Å². The van der Waals surface area contributed by atoms with Crippen LogP contribution in [0.1, 0.15) is 58.6 Å². The van der Waals surface area contributed by atoms with Crippen LogP contribution in [-0.2, 0) is 9.59 Å². The zero-order valence-electron chi connectivity index (χ0n) is 17.8. The second-order valence-corrected chi connectivity index (χ2v) is 8.96. The summed E-state index contributed by atoms with van der Waals surface area (Å²) in [5.74, 6) is 1.24. The molecule has 1 saturated carbocycles. The molecule has 5 atom stereocenters. The zero-order chi connectivity index (χ0) is 20.8. The maximum atomic E-state index is 13.0. The molecule has 1 fully saturated rings. The van der Waals surface area contributed by atoms with Crippen LogP contribution in [0.5, 0.6) is 0 Å². The molecule has 0 aromatic heterocycles. The van der Waals surface area contributed by atoms with E-state index in [2.05, 4.69) is 31.4 Å². The SMILES string of the molecule is CC(N)C(=O)NC(CNC(=O)[C@@H]1C[C@H](C)CC[C@H]1C(C)C)c1ccccc1Cl.Cl. The third kappa shape index (κ3) is 7.16. The second kappa shape index (κ2) is 11.8. The first-order valence-electron chi connectivity index (χ1n) is 10.3. The molecule has 1 aromatic rings. The number of benzene rings is 1. The highest BCUT2D eigenvalue weighted by Crippen LogP contribution is 2.38. The summed E-state index contributed by atoms with van der Waals surface area (Å²) < 4.78 is 0. The van der Waals surface area contributed by atoms with E-state index < -0.39 is 12.1 Å². The van der Waals surface area contributed by atoms with Gasteiger partial charge in [-0.05, 0) is 49.1 Å². The molecule has 0 heterocycles. The number of nitrogens with two attached hydrogens (primary N) is 1. The minimum Gasteiger partial charge on any atom is -0.353 e. The number of nitrogens with one attached hydrogen (secondary N) is 2. The summed E-state index contributed by atoms with van der Waals surface area (Å²) >= 11 is 6.33. The number of halogens is 2. The number of carbonyl (C=O) groups excluding carboxylic acids is 2. The molecule has 29 heavy (non-hydrogen) atoms. The summed E-state index contributed by atoms with van der Waals surface area (Å²) in [4.78, 5) is 25.2. The van der Waals surface area contributed by atoms with Crippen LogP contribution in [0.2, 0.25) is 5.02 Å². The molecule has 1 aromatic carbocycles. The Balaban J connectivity index is 0.00000420. The molecular formula is C22H35Cl2N3O2. The molecule has 0 aliphatic heterocycles. The molecule has 164 valence electrons. The number of hydrogen-bond donors (Lipinski definition) is 3. The Labute approximate surface area is 185 Å². The highest BCUT2D eigenvalue weighted by Gasteiger charge is 2.35. The van der Waals surface area contributed by atoms with Crippen molar-refractivity contribution in [1.82, 2.24) is 10.6 Å². The van der Waals surface area contributed by atoms with Gasteiger partial charge in [0.2, 0.25) is 11.8 Å². The normalized spacial score (nSPS) is 23.6. The van der Waals surface area contributed by atoms with Crippen molar-refractivity contribution >= 4 is 35.8 Å². The fourth-order valence-corrected chi connectivity index (χ4v) is 4.40. The molecule has 4 N–H and O–H groups in total. The number of rotatable bonds is 7. The van der Waals surface area contributed by atoms with Crippen molar-refractivity contribution < 1.29 is 9.59 Å². The summed E-state index contributed by atoms with van der Waals surface area (Å²) in [6.45, 7) is 8.52. The summed E-state index contributed by atoms with van der Waals surface area (Å²) in [7, 11) is 0. The second-order valence-electron chi connectivity index (χ2n) is 8.55. The van der Waals surface area contributed by atoms with Crippen molar-refractivity contribution in [3.8, 4) is 0 Å². The lowest BCUT2D eigenvalue weighted by molar-refractivity contribution is -0.130. The fraction of sp³-hybridized carbons (Fsp3) is 0.636. The highest BCUT2D eigenvalue weighted by atomic mass is 35.5. The standard InChI is InChI=1S/C22H34ClN3O2.ClH/c1-13(2)16-10-9-14(3)11-18(16)22(28)25-12-20(26-21(27)15(4)24)17-7-5-6-8-19(17)23;/h5-8,13-16,18,20H,9-12,24H2,1-4H3,(H,25,28)(H,26,27);1H/t14-,15?,16+,18-,20?;/m1./s1. The van der Waals surface area contributed by atoms with Crippen molar-refractivity contribution in [1.29, 1.82) is 0 Å². The van der Waals surface area contributed by atoms with Crippen molar-refractivity contribution in [2.75, 3.05) is 6.54 Å². The summed E-state index contributed by atoms with van der Waals surface area (Å²) in [5, 5.41) is 6.54. The predicted molar refractivity (Wildman–Crippen MR) is 121 cm³/mol. The third-order valence-corrected chi connectivity index (χ3v) is 6.19. The van der Waals surface area contributed by atoms with E-state index >= 15 is 0 Å². The van der Waals surface area contributed by atoms with E-state index in [9.17, 15) is 9.59 Å². The lowest BCUT2D eigenvalue weighted by Gasteiger charge is -2.36. The first-order chi connectivity index (χ1) is 13.2. The topological polar surface area (TPSA) is 84.2 Å². The van der Waals surface area contributed by atoms with Crippen LogP contribution in [0.4, 0.5) is 0 Å². The van der Waals surface area contributed by atoms with Gasteiger partial charge in [0.05, 0.1) is 12.1 Å². The summed E-state index contributed by atoms with van der Waals surface area (Å²) in [6.07, 6.45) is 3.18. The fourth-order valence-electron chi connectivity index (χ4n) is 4.14. The van der Waals surface area contributed by atoms with Crippen LogP contribution in [0.15, 0.2) is 24.3 Å². The molecule has 2 rings (SSSR count). The molecule has 7 heteroatoms. The van der Waals surface area contributed by atoms with Crippen LogP contribution in [0.3, 0.4) is 0 Å². The van der Waals surface area contributed by atoms with Gasteiger partial charge in [0.25, 0.3) is 0 Å². The molecule has 1 aliphatic carbocycles. The Kier molecular flexibility index (Phi) is 10.4. The van der Waals surface area contributed by atoms with Gasteiger partial charge in [0, 0.05) is 17.5 Å². The molecule has 0 saturated heterocycles. The predicted octanol–water partition coefficient (Wildman–Crippen LogP) is 4.09. The molecule has 1 aliphatic rings. The molecule has 2 unspecified atom stereocenters. The Morgan fingerprint density at radius 3 is 2.45 bits per heavy atom. The van der Waals surface area contributed by atoms with E-state index in [-0.39, 0.29) is 36.7 Å². The first kappa shape index (κ1) is 25.7. The Hall–Kier alpha value is -1.30. The smallest absolute Gasteiger partial charge is 0.237 e. The van der Waals surface area contributed by atoms with Gasteiger partial charge in [-0.3, -0.25) is 9.59 Å². The summed E-state index contributed by atoms with van der Waals surface area (Å²) in [6, 6.07) is 6.29. The minimum absolute atomic E-state index is 0. The van der Waals surface area contributed by atoms with Gasteiger partial charge in [0.1, 0.15) is 0 Å². The van der Waals surface area contributed by atoms with E-state index in [1.165, 1.54) is 6.42 Å². The average Bonchev–Trinajstić information content (AvgIpc) is 2.64. The molecular weight excluding hydrogens is 409 g/mol. The molecule has 5 nitrogen and oxygen atoms in total. The minimum atomic E-state index is -0.634. The first-order valence-corrected chi connectivity index (χ1v) is 10.7. The molecule has 0 spiro atoms. The molecule has 0 radical (unpaired) electrons. The van der Waals surface area contributed by atoms with Crippen molar-refractivity contribution in [3.63, 3.8) is 0 Å². The third-order valence-electron chi connectivity index (χ3n) is 5.85. The van der Waals surface area contributed by atoms with Gasteiger partial charge in [0.15, 0.2) is 0 Å². The van der Waals surface area contributed by atoms with E-state index in [4.69, 9.17) is 17.3 Å². The lowest BCUT2D eigenvalue weighted by Crippen LogP contribution is -2.46. The lowest BCUT2D eigenvalue weighted by atomic mass is 9.70. The monoisotopic (exact) mass is 443 g/mol. The Morgan fingerprint density at radius 2 is 1.86 bits per heavy atom. The number of amides is 2. The maximum Gasteiger partial charge on any atom is 0.237 e. The van der Waals surface area contributed by atoms with Gasteiger partial charge in [-0.2, -0.15) is 0 Å². The van der Waals surface area contributed by atoms with Crippen LogP contribution >= 0.6 is 24.0 Å². The van der Waals surface area contributed by atoms with Gasteiger partial charge < -0.3 is 16.4 Å². The van der Waals surface area contributed by atoms with Crippen molar-refractivity contribution in [2.45, 2.75) is 59.0 Å².